The molecule has 1 aromatic heterocycles. The molecular weight excluding hydrogens is 140 g/mol. The van der Waals surface area contributed by atoms with Gasteiger partial charge in [0.25, 0.3) is 0 Å². The molecule has 1 fully saturated rings. The van der Waals surface area contributed by atoms with Crippen molar-refractivity contribution in [3.05, 3.63) is 18.7 Å². The van der Waals surface area contributed by atoms with E-state index in [4.69, 9.17) is 5.11 Å². The Kier molecular flexibility index (Phi) is 1.46. The van der Waals surface area contributed by atoms with Crippen LogP contribution in [0, 0.1) is 0 Å². The van der Waals surface area contributed by atoms with Gasteiger partial charge in [-0.2, -0.15) is 0 Å². The van der Waals surface area contributed by atoms with Gasteiger partial charge in [-0.25, -0.2) is 4.98 Å². The molecule has 3 heteroatoms. The van der Waals surface area contributed by atoms with Gasteiger partial charge in [-0.15, -0.1) is 0 Å². The number of hydrogen-bond donors (Lipinski definition) is 1. The Morgan fingerprint density at radius 3 is 2.73 bits per heavy atom. The third-order valence-corrected chi connectivity index (χ3v) is 2.63. The van der Waals surface area contributed by atoms with E-state index < -0.39 is 0 Å². The van der Waals surface area contributed by atoms with E-state index in [1.54, 1.807) is 12.5 Å². The van der Waals surface area contributed by atoms with Gasteiger partial charge in [-0.3, -0.25) is 0 Å². The largest absolute Gasteiger partial charge is 0.394 e. The van der Waals surface area contributed by atoms with Crippen LogP contribution in [0.1, 0.15) is 19.3 Å². The standard InChI is InChI=1S/C8H12N2O/c11-6-8(2-1-3-8)10-5-4-9-7-10/h4-5,7,11H,1-3,6H2. The molecule has 0 radical (unpaired) electrons. The van der Waals surface area contributed by atoms with Gasteiger partial charge in [-0.1, -0.05) is 0 Å². The van der Waals surface area contributed by atoms with E-state index in [1.807, 2.05) is 10.8 Å². The fraction of sp³-hybridized carbons (Fsp3) is 0.625. The maximum Gasteiger partial charge on any atom is 0.0951 e. The summed E-state index contributed by atoms with van der Waals surface area (Å²) in [5.41, 5.74) is -0.00347. The van der Waals surface area contributed by atoms with Crippen LogP contribution in [0.5, 0.6) is 0 Å². The lowest BCUT2D eigenvalue weighted by Crippen LogP contribution is -2.43. The Labute approximate surface area is 65.7 Å². The van der Waals surface area contributed by atoms with Gasteiger partial charge >= 0.3 is 0 Å². The SMILES string of the molecule is OCC1(n2ccnc2)CCC1. The number of aliphatic hydroxyl groups excluding tert-OH is 1. The molecule has 1 N–H and O–H groups in total. The molecule has 0 atom stereocenters. The van der Waals surface area contributed by atoms with E-state index in [2.05, 4.69) is 4.98 Å². The maximum absolute atomic E-state index is 9.16. The van der Waals surface area contributed by atoms with Crippen molar-refractivity contribution in [1.82, 2.24) is 9.55 Å². The molecule has 0 aliphatic heterocycles. The lowest BCUT2D eigenvalue weighted by Gasteiger charge is -2.41. The highest BCUT2D eigenvalue weighted by Gasteiger charge is 2.37. The molecule has 0 saturated heterocycles. The summed E-state index contributed by atoms with van der Waals surface area (Å²) >= 11 is 0. The topological polar surface area (TPSA) is 38.0 Å². The predicted molar refractivity (Wildman–Crippen MR) is 41.1 cm³/mol. The van der Waals surface area contributed by atoms with Crippen molar-refractivity contribution >= 4 is 0 Å². The number of imidazole rings is 1. The minimum atomic E-state index is -0.00347. The Morgan fingerprint density at radius 1 is 1.55 bits per heavy atom. The zero-order chi connectivity index (χ0) is 7.73. The molecule has 2 rings (SSSR count). The van der Waals surface area contributed by atoms with Crippen molar-refractivity contribution in [2.24, 2.45) is 0 Å². The molecular formula is C8H12N2O. The second-order valence-electron chi connectivity index (χ2n) is 3.21. The Morgan fingerprint density at radius 2 is 2.36 bits per heavy atom. The molecule has 0 bridgehead atoms. The molecule has 1 aromatic rings. The lowest BCUT2D eigenvalue weighted by molar-refractivity contribution is 0.0552. The van der Waals surface area contributed by atoms with Gasteiger partial charge in [0.05, 0.1) is 18.5 Å². The summed E-state index contributed by atoms with van der Waals surface area (Å²) in [6.45, 7) is 0.239. The summed E-state index contributed by atoms with van der Waals surface area (Å²) in [7, 11) is 0. The van der Waals surface area contributed by atoms with Crippen LogP contribution in [0.3, 0.4) is 0 Å². The van der Waals surface area contributed by atoms with Crippen LogP contribution in [-0.4, -0.2) is 21.3 Å². The van der Waals surface area contributed by atoms with E-state index in [9.17, 15) is 0 Å². The molecule has 0 spiro atoms. The number of rotatable bonds is 2. The second-order valence-corrected chi connectivity index (χ2v) is 3.21. The Bertz CT molecular complexity index is 221. The first-order valence-electron chi connectivity index (χ1n) is 3.97. The smallest absolute Gasteiger partial charge is 0.0951 e. The first-order chi connectivity index (χ1) is 5.37. The first kappa shape index (κ1) is 6.85. The van der Waals surface area contributed by atoms with Crippen LogP contribution in [0.25, 0.3) is 0 Å². The predicted octanol–water partition coefficient (Wildman–Crippen LogP) is 0.755. The highest BCUT2D eigenvalue weighted by atomic mass is 16.3. The minimum Gasteiger partial charge on any atom is -0.394 e. The van der Waals surface area contributed by atoms with Crippen molar-refractivity contribution in [2.75, 3.05) is 6.61 Å². The quantitative estimate of drug-likeness (QED) is 0.679. The summed E-state index contributed by atoms with van der Waals surface area (Å²) in [5, 5.41) is 9.16. The van der Waals surface area contributed by atoms with Crippen LogP contribution >= 0.6 is 0 Å². The molecule has 3 nitrogen and oxygen atoms in total. The summed E-state index contributed by atoms with van der Waals surface area (Å²) in [5.74, 6) is 0. The van der Waals surface area contributed by atoms with Crippen LogP contribution in [0.2, 0.25) is 0 Å². The van der Waals surface area contributed by atoms with Gasteiger partial charge in [0.1, 0.15) is 0 Å². The number of aromatic nitrogens is 2. The summed E-state index contributed by atoms with van der Waals surface area (Å²) in [6.07, 6.45) is 8.86. The molecule has 1 saturated carbocycles. The highest BCUT2D eigenvalue weighted by Crippen LogP contribution is 2.38. The molecule has 1 heterocycles. The fourth-order valence-electron chi connectivity index (χ4n) is 1.62. The average Bonchev–Trinajstić information content (AvgIpc) is 2.39. The molecule has 11 heavy (non-hydrogen) atoms. The van der Waals surface area contributed by atoms with E-state index in [1.165, 1.54) is 6.42 Å². The minimum absolute atomic E-state index is 0.00347. The summed E-state index contributed by atoms with van der Waals surface area (Å²) < 4.78 is 2.02. The molecule has 0 unspecified atom stereocenters. The van der Waals surface area contributed by atoms with E-state index >= 15 is 0 Å². The summed E-state index contributed by atoms with van der Waals surface area (Å²) in [6, 6.07) is 0. The third kappa shape index (κ3) is 0.878. The van der Waals surface area contributed by atoms with Gasteiger partial charge in [0.2, 0.25) is 0 Å². The van der Waals surface area contributed by atoms with E-state index in [-0.39, 0.29) is 12.1 Å². The van der Waals surface area contributed by atoms with Crippen LogP contribution < -0.4 is 0 Å². The van der Waals surface area contributed by atoms with Crippen molar-refractivity contribution in [3.63, 3.8) is 0 Å². The monoisotopic (exact) mass is 152 g/mol. The highest BCUT2D eigenvalue weighted by molar-refractivity contribution is 4.97. The second kappa shape index (κ2) is 2.34. The van der Waals surface area contributed by atoms with E-state index in [0.717, 1.165) is 12.8 Å². The van der Waals surface area contributed by atoms with Crippen LogP contribution in [0.15, 0.2) is 18.7 Å². The van der Waals surface area contributed by atoms with E-state index in [0.29, 0.717) is 0 Å². The third-order valence-electron chi connectivity index (χ3n) is 2.63. The van der Waals surface area contributed by atoms with Gasteiger partial charge < -0.3 is 9.67 Å². The zero-order valence-corrected chi connectivity index (χ0v) is 6.40. The molecule has 0 aromatic carbocycles. The van der Waals surface area contributed by atoms with Crippen molar-refractivity contribution in [1.29, 1.82) is 0 Å². The normalized spacial score (nSPS) is 21.2. The van der Waals surface area contributed by atoms with Gasteiger partial charge in [0, 0.05) is 12.4 Å². The molecule has 0 amide bonds. The first-order valence-corrected chi connectivity index (χ1v) is 3.97. The molecule has 1 aliphatic carbocycles. The number of hydrogen-bond acceptors (Lipinski definition) is 2. The van der Waals surface area contributed by atoms with Crippen LogP contribution in [0.4, 0.5) is 0 Å². The Balaban J connectivity index is 2.25. The van der Waals surface area contributed by atoms with Crippen molar-refractivity contribution in [2.45, 2.75) is 24.8 Å². The summed E-state index contributed by atoms with van der Waals surface area (Å²) in [4.78, 5) is 3.97. The lowest BCUT2D eigenvalue weighted by atomic mass is 9.77. The number of nitrogens with zero attached hydrogens (tertiary/aromatic N) is 2. The maximum atomic E-state index is 9.16. The van der Waals surface area contributed by atoms with Gasteiger partial charge in [-0.05, 0) is 19.3 Å². The molecule has 60 valence electrons. The molecule has 1 aliphatic rings. The van der Waals surface area contributed by atoms with Crippen molar-refractivity contribution < 1.29 is 5.11 Å². The van der Waals surface area contributed by atoms with Crippen LogP contribution in [-0.2, 0) is 5.54 Å². The number of aliphatic hydroxyl groups is 1. The Hall–Kier alpha value is -0.830. The average molecular weight is 152 g/mol. The van der Waals surface area contributed by atoms with Gasteiger partial charge in [0.15, 0.2) is 0 Å². The fourth-order valence-corrected chi connectivity index (χ4v) is 1.62. The van der Waals surface area contributed by atoms with Crippen molar-refractivity contribution in [3.8, 4) is 0 Å². The zero-order valence-electron chi connectivity index (χ0n) is 6.40.